The molecule has 0 aromatic heterocycles. The molecule has 1 aromatic carbocycles. The van der Waals surface area contributed by atoms with Gasteiger partial charge in [0.2, 0.25) is 0 Å². The lowest BCUT2D eigenvalue weighted by Crippen LogP contribution is -2.20. The monoisotopic (exact) mass is 234 g/mol. The molecule has 0 amide bonds. The van der Waals surface area contributed by atoms with Crippen LogP contribution in [0.1, 0.15) is 28.8 Å². The fourth-order valence-electron chi connectivity index (χ4n) is 1.93. The van der Waals surface area contributed by atoms with Crippen LogP contribution in [0.2, 0.25) is 0 Å². The van der Waals surface area contributed by atoms with E-state index in [2.05, 4.69) is 4.90 Å². The number of hydrogen-bond donors (Lipinski definition) is 1. The van der Waals surface area contributed by atoms with Gasteiger partial charge in [0, 0.05) is 24.5 Å². The number of nitrogens with two attached hydrogens (primary N) is 1. The lowest BCUT2D eigenvalue weighted by molar-refractivity contribution is 0.0602. The van der Waals surface area contributed by atoms with Crippen LogP contribution < -0.4 is 10.6 Å². The number of nitrogens with zero attached hydrogens (tertiary/aromatic N) is 1. The SMILES string of the molecule is COC(=O)c1cc(N(C)C2CC2)cc(C)c1N. The molecule has 1 aromatic rings. The van der Waals surface area contributed by atoms with Crippen molar-refractivity contribution < 1.29 is 9.53 Å². The quantitative estimate of drug-likeness (QED) is 0.641. The molecule has 1 fully saturated rings. The number of benzene rings is 1. The molecule has 0 bridgehead atoms. The van der Waals surface area contributed by atoms with E-state index in [1.54, 1.807) is 0 Å². The Morgan fingerprint density at radius 3 is 2.65 bits per heavy atom. The fourth-order valence-corrected chi connectivity index (χ4v) is 1.93. The molecule has 0 saturated heterocycles. The summed E-state index contributed by atoms with van der Waals surface area (Å²) in [6.45, 7) is 1.91. The Bertz CT molecular complexity index is 453. The number of ether oxygens (including phenoxy) is 1. The second-order valence-electron chi connectivity index (χ2n) is 4.56. The van der Waals surface area contributed by atoms with E-state index < -0.39 is 0 Å². The fraction of sp³-hybridized carbons (Fsp3) is 0.462. The summed E-state index contributed by atoms with van der Waals surface area (Å²) >= 11 is 0. The minimum atomic E-state index is -0.378. The Labute approximate surface area is 101 Å². The second-order valence-corrected chi connectivity index (χ2v) is 4.56. The van der Waals surface area contributed by atoms with Crippen LogP contribution in [0, 0.1) is 6.92 Å². The molecule has 92 valence electrons. The highest BCUT2D eigenvalue weighted by molar-refractivity contribution is 5.97. The Balaban J connectivity index is 2.41. The molecule has 4 heteroatoms. The lowest BCUT2D eigenvalue weighted by Gasteiger charge is -2.21. The Morgan fingerprint density at radius 2 is 2.12 bits per heavy atom. The molecule has 0 spiro atoms. The first kappa shape index (κ1) is 11.8. The first-order valence-corrected chi connectivity index (χ1v) is 5.76. The van der Waals surface area contributed by atoms with E-state index in [1.807, 2.05) is 26.1 Å². The largest absolute Gasteiger partial charge is 0.465 e. The van der Waals surface area contributed by atoms with Crippen molar-refractivity contribution in [2.75, 3.05) is 24.8 Å². The molecular formula is C13H18N2O2. The van der Waals surface area contributed by atoms with Gasteiger partial charge in [0.05, 0.1) is 12.7 Å². The van der Waals surface area contributed by atoms with Crippen molar-refractivity contribution in [3.8, 4) is 0 Å². The first-order valence-electron chi connectivity index (χ1n) is 5.76. The topological polar surface area (TPSA) is 55.6 Å². The van der Waals surface area contributed by atoms with Crippen LogP contribution in [-0.4, -0.2) is 26.2 Å². The smallest absolute Gasteiger partial charge is 0.340 e. The Morgan fingerprint density at radius 1 is 1.47 bits per heavy atom. The highest BCUT2D eigenvalue weighted by Crippen LogP contribution is 2.33. The number of carbonyl (C=O) groups is 1. The third kappa shape index (κ3) is 2.20. The van der Waals surface area contributed by atoms with Crippen LogP contribution in [0.3, 0.4) is 0 Å². The normalized spacial score (nSPS) is 14.5. The number of carbonyl (C=O) groups excluding carboxylic acids is 1. The average molecular weight is 234 g/mol. The summed E-state index contributed by atoms with van der Waals surface area (Å²) in [6, 6.07) is 4.43. The number of hydrogen-bond acceptors (Lipinski definition) is 4. The van der Waals surface area contributed by atoms with Gasteiger partial charge in [-0.3, -0.25) is 0 Å². The number of rotatable bonds is 3. The van der Waals surface area contributed by atoms with Gasteiger partial charge in [-0.25, -0.2) is 4.79 Å². The standard InChI is InChI=1S/C13H18N2O2/c1-8-6-10(15(2)9-4-5-9)7-11(12(8)14)13(16)17-3/h6-7,9H,4-5,14H2,1-3H3. The predicted molar refractivity (Wildman–Crippen MR) is 68.4 cm³/mol. The molecule has 2 N–H and O–H groups in total. The van der Waals surface area contributed by atoms with Crippen molar-refractivity contribution in [3.05, 3.63) is 23.3 Å². The molecule has 0 atom stereocenters. The van der Waals surface area contributed by atoms with Crippen molar-refractivity contribution in [2.45, 2.75) is 25.8 Å². The van der Waals surface area contributed by atoms with Crippen LogP contribution in [-0.2, 0) is 4.74 Å². The predicted octanol–water partition coefficient (Wildman–Crippen LogP) is 1.96. The van der Waals surface area contributed by atoms with Gasteiger partial charge in [0.15, 0.2) is 0 Å². The van der Waals surface area contributed by atoms with E-state index >= 15 is 0 Å². The molecule has 2 rings (SSSR count). The van der Waals surface area contributed by atoms with E-state index in [4.69, 9.17) is 10.5 Å². The molecule has 0 unspecified atom stereocenters. The van der Waals surface area contributed by atoms with Gasteiger partial charge >= 0.3 is 5.97 Å². The summed E-state index contributed by atoms with van der Waals surface area (Å²) < 4.78 is 4.75. The molecular weight excluding hydrogens is 216 g/mol. The van der Waals surface area contributed by atoms with Crippen LogP contribution in [0.4, 0.5) is 11.4 Å². The number of methoxy groups -OCH3 is 1. The highest BCUT2D eigenvalue weighted by atomic mass is 16.5. The maximum atomic E-state index is 11.6. The number of nitrogen functional groups attached to an aromatic ring is 1. The number of esters is 1. The van der Waals surface area contributed by atoms with Gasteiger partial charge in [0.25, 0.3) is 0 Å². The van der Waals surface area contributed by atoms with Crippen LogP contribution in [0.5, 0.6) is 0 Å². The molecule has 0 aliphatic heterocycles. The molecule has 0 heterocycles. The van der Waals surface area contributed by atoms with Gasteiger partial charge in [-0.2, -0.15) is 0 Å². The maximum Gasteiger partial charge on any atom is 0.340 e. The summed E-state index contributed by atoms with van der Waals surface area (Å²) in [4.78, 5) is 13.8. The zero-order chi connectivity index (χ0) is 12.6. The van der Waals surface area contributed by atoms with E-state index in [9.17, 15) is 4.79 Å². The molecule has 17 heavy (non-hydrogen) atoms. The molecule has 1 saturated carbocycles. The number of anilines is 2. The summed E-state index contributed by atoms with van der Waals surface area (Å²) in [5, 5.41) is 0. The Hall–Kier alpha value is -1.71. The van der Waals surface area contributed by atoms with Crippen molar-refractivity contribution >= 4 is 17.3 Å². The minimum absolute atomic E-state index is 0.378. The zero-order valence-corrected chi connectivity index (χ0v) is 10.5. The van der Waals surface area contributed by atoms with Gasteiger partial charge in [-0.05, 0) is 37.5 Å². The van der Waals surface area contributed by atoms with Gasteiger partial charge in [0.1, 0.15) is 0 Å². The molecule has 1 aliphatic carbocycles. The summed E-state index contributed by atoms with van der Waals surface area (Å²) in [5.41, 5.74) is 8.80. The van der Waals surface area contributed by atoms with Gasteiger partial charge in [-0.15, -0.1) is 0 Å². The molecule has 0 radical (unpaired) electrons. The van der Waals surface area contributed by atoms with Crippen LogP contribution in [0.25, 0.3) is 0 Å². The van der Waals surface area contributed by atoms with E-state index in [-0.39, 0.29) is 5.97 Å². The van der Waals surface area contributed by atoms with E-state index in [0.717, 1.165) is 11.3 Å². The summed E-state index contributed by atoms with van der Waals surface area (Å²) in [6.07, 6.45) is 2.43. The van der Waals surface area contributed by atoms with Crippen molar-refractivity contribution in [1.29, 1.82) is 0 Å². The van der Waals surface area contributed by atoms with E-state index in [1.165, 1.54) is 20.0 Å². The van der Waals surface area contributed by atoms with E-state index in [0.29, 0.717) is 17.3 Å². The minimum Gasteiger partial charge on any atom is -0.465 e. The second kappa shape index (κ2) is 4.28. The highest BCUT2D eigenvalue weighted by Gasteiger charge is 2.27. The molecule has 1 aliphatic rings. The van der Waals surface area contributed by atoms with Crippen molar-refractivity contribution in [2.24, 2.45) is 0 Å². The van der Waals surface area contributed by atoms with Crippen molar-refractivity contribution in [3.63, 3.8) is 0 Å². The van der Waals surface area contributed by atoms with Crippen LogP contribution >= 0.6 is 0 Å². The average Bonchev–Trinajstić information content (AvgIpc) is 3.14. The Kier molecular flexibility index (Phi) is 2.96. The van der Waals surface area contributed by atoms with Crippen molar-refractivity contribution in [1.82, 2.24) is 0 Å². The van der Waals surface area contributed by atoms with Gasteiger partial charge in [-0.1, -0.05) is 0 Å². The maximum absolute atomic E-state index is 11.6. The lowest BCUT2D eigenvalue weighted by atomic mass is 10.1. The van der Waals surface area contributed by atoms with Gasteiger partial charge < -0.3 is 15.4 Å². The third-order valence-corrected chi connectivity index (χ3v) is 3.28. The summed E-state index contributed by atoms with van der Waals surface area (Å²) in [5.74, 6) is -0.378. The van der Waals surface area contributed by atoms with Crippen LogP contribution in [0.15, 0.2) is 12.1 Å². The summed E-state index contributed by atoms with van der Waals surface area (Å²) in [7, 11) is 3.41. The zero-order valence-electron chi connectivity index (χ0n) is 10.5. The first-order chi connectivity index (χ1) is 8.04. The molecule has 4 nitrogen and oxygen atoms in total. The number of aryl methyl sites for hydroxylation is 1. The third-order valence-electron chi connectivity index (χ3n) is 3.28.